The number of aryl methyl sites for hydroxylation is 2. The van der Waals surface area contributed by atoms with Crippen molar-refractivity contribution in [2.45, 2.75) is 41.0 Å². The van der Waals surface area contributed by atoms with E-state index >= 15 is 0 Å². The maximum Gasteiger partial charge on any atom is 0.119 e. The van der Waals surface area contributed by atoms with Crippen LogP contribution in [0.1, 0.15) is 38.4 Å². The van der Waals surface area contributed by atoms with Gasteiger partial charge in [0.15, 0.2) is 0 Å². The molecule has 0 unspecified atom stereocenters. The van der Waals surface area contributed by atoms with E-state index in [-0.39, 0.29) is 0 Å². The highest BCUT2D eigenvalue weighted by Crippen LogP contribution is 2.27. The lowest BCUT2D eigenvalue weighted by Gasteiger charge is -2.10. The van der Waals surface area contributed by atoms with E-state index in [9.17, 15) is 0 Å². The van der Waals surface area contributed by atoms with Crippen molar-refractivity contribution in [3.05, 3.63) is 42.0 Å². The molecule has 0 N–H and O–H groups in total. The Labute approximate surface area is 122 Å². The number of hydrogen-bond donors (Lipinski definition) is 0. The SMILES string of the molecule is CCC.CCOc1ccc(-c2cncnc2C)c(C)c1. The summed E-state index contributed by atoms with van der Waals surface area (Å²) in [6.07, 6.45) is 4.67. The van der Waals surface area contributed by atoms with Gasteiger partial charge in [-0.15, -0.1) is 0 Å². The molecule has 20 heavy (non-hydrogen) atoms. The Bertz CT molecular complexity index is 538. The molecule has 0 bridgehead atoms. The molecule has 2 aromatic rings. The molecule has 108 valence electrons. The van der Waals surface area contributed by atoms with Gasteiger partial charge in [0.05, 0.1) is 6.61 Å². The Balaban J connectivity index is 0.000000612. The van der Waals surface area contributed by atoms with Crippen molar-refractivity contribution in [3.63, 3.8) is 0 Å². The van der Waals surface area contributed by atoms with Crippen LogP contribution < -0.4 is 4.74 Å². The van der Waals surface area contributed by atoms with E-state index in [2.05, 4.69) is 36.8 Å². The molecule has 0 radical (unpaired) electrons. The minimum atomic E-state index is 0.687. The minimum Gasteiger partial charge on any atom is -0.494 e. The van der Waals surface area contributed by atoms with Crippen molar-refractivity contribution in [2.75, 3.05) is 6.61 Å². The number of nitrogens with zero attached hydrogens (tertiary/aromatic N) is 2. The zero-order chi connectivity index (χ0) is 15.0. The molecular formula is C17H24N2O. The molecule has 0 spiro atoms. The highest BCUT2D eigenvalue weighted by Gasteiger charge is 2.06. The van der Waals surface area contributed by atoms with Gasteiger partial charge in [0, 0.05) is 17.5 Å². The van der Waals surface area contributed by atoms with Crippen molar-refractivity contribution in [2.24, 2.45) is 0 Å². The smallest absolute Gasteiger partial charge is 0.119 e. The van der Waals surface area contributed by atoms with Gasteiger partial charge in [0.25, 0.3) is 0 Å². The Hall–Kier alpha value is -1.90. The number of rotatable bonds is 3. The lowest BCUT2D eigenvalue weighted by Crippen LogP contribution is -1.94. The molecule has 0 fully saturated rings. The molecule has 0 saturated carbocycles. The quantitative estimate of drug-likeness (QED) is 0.820. The lowest BCUT2D eigenvalue weighted by molar-refractivity contribution is 0.340. The van der Waals surface area contributed by atoms with Crippen LogP contribution in [0.5, 0.6) is 5.75 Å². The first kappa shape index (κ1) is 16.2. The summed E-state index contributed by atoms with van der Waals surface area (Å²) in [5, 5.41) is 0. The highest BCUT2D eigenvalue weighted by molar-refractivity contribution is 5.69. The third-order valence-electron chi connectivity index (χ3n) is 2.71. The van der Waals surface area contributed by atoms with E-state index in [1.807, 2.05) is 32.2 Å². The molecule has 2 rings (SSSR count). The van der Waals surface area contributed by atoms with Crippen LogP contribution in [0.15, 0.2) is 30.7 Å². The van der Waals surface area contributed by atoms with Crippen LogP contribution in [0.3, 0.4) is 0 Å². The number of ether oxygens (including phenoxy) is 1. The van der Waals surface area contributed by atoms with Gasteiger partial charge in [0.2, 0.25) is 0 Å². The van der Waals surface area contributed by atoms with Gasteiger partial charge < -0.3 is 4.74 Å². The zero-order valence-electron chi connectivity index (χ0n) is 13.1. The van der Waals surface area contributed by atoms with Gasteiger partial charge in [-0.1, -0.05) is 26.3 Å². The molecule has 0 saturated heterocycles. The van der Waals surface area contributed by atoms with Crippen LogP contribution in [0.2, 0.25) is 0 Å². The summed E-state index contributed by atoms with van der Waals surface area (Å²) in [7, 11) is 0. The molecule has 0 amide bonds. The second-order valence-corrected chi connectivity index (χ2v) is 4.64. The summed E-state index contributed by atoms with van der Waals surface area (Å²) in [5.41, 5.74) is 4.40. The van der Waals surface area contributed by atoms with Crippen LogP contribution in [0.4, 0.5) is 0 Å². The normalized spacial score (nSPS) is 9.65. The maximum atomic E-state index is 5.48. The Morgan fingerprint density at radius 3 is 2.30 bits per heavy atom. The van der Waals surface area contributed by atoms with E-state index in [0.717, 1.165) is 22.6 Å². The fraction of sp³-hybridized carbons (Fsp3) is 0.412. The molecule has 3 nitrogen and oxygen atoms in total. The van der Waals surface area contributed by atoms with E-state index in [1.54, 1.807) is 6.33 Å². The van der Waals surface area contributed by atoms with Crippen molar-refractivity contribution in [1.29, 1.82) is 0 Å². The molecule has 1 aromatic carbocycles. The van der Waals surface area contributed by atoms with Crippen molar-refractivity contribution in [1.82, 2.24) is 9.97 Å². The van der Waals surface area contributed by atoms with Crippen molar-refractivity contribution < 1.29 is 4.74 Å². The minimum absolute atomic E-state index is 0.687. The number of hydrogen-bond acceptors (Lipinski definition) is 3. The Kier molecular flexibility index (Phi) is 6.71. The predicted octanol–water partition coefficient (Wildman–Crippen LogP) is 4.58. The van der Waals surface area contributed by atoms with Crippen LogP contribution in [-0.2, 0) is 0 Å². The average molecular weight is 272 g/mol. The first-order valence-electron chi connectivity index (χ1n) is 7.14. The fourth-order valence-corrected chi connectivity index (χ4v) is 1.85. The Morgan fingerprint density at radius 2 is 1.75 bits per heavy atom. The Morgan fingerprint density at radius 1 is 1.05 bits per heavy atom. The topological polar surface area (TPSA) is 35.0 Å². The van der Waals surface area contributed by atoms with Crippen LogP contribution in [0, 0.1) is 13.8 Å². The van der Waals surface area contributed by atoms with E-state index < -0.39 is 0 Å². The van der Waals surface area contributed by atoms with Crippen molar-refractivity contribution in [3.8, 4) is 16.9 Å². The summed E-state index contributed by atoms with van der Waals surface area (Å²) in [6.45, 7) is 11.0. The fourth-order valence-electron chi connectivity index (χ4n) is 1.85. The summed E-state index contributed by atoms with van der Waals surface area (Å²) in [5.74, 6) is 0.906. The van der Waals surface area contributed by atoms with E-state index in [0.29, 0.717) is 6.61 Å². The van der Waals surface area contributed by atoms with Gasteiger partial charge in [-0.25, -0.2) is 9.97 Å². The molecule has 1 aromatic heterocycles. The van der Waals surface area contributed by atoms with Gasteiger partial charge in [-0.05, 0) is 44.0 Å². The average Bonchev–Trinajstić information content (AvgIpc) is 2.41. The second-order valence-electron chi connectivity index (χ2n) is 4.64. The van der Waals surface area contributed by atoms with E-state index in [4.69, 9.17) is 4.74 Å². The number of benzene rings is 1. The third-order valence-corrected chi connectivity index (χ3v) is 2.71. The molecule has 1 heterocycles. The molecule has 0 aliphatic rings. The van der Waals surface area contributed by atoms with Crippen LogP contribution in [-0.4, -0.2) is 16.6 Å². The second kappa shape index (κ2) is 8.31. The molecule has 0 aliphatic heterocycles. The highest BCUT2D eigenvalue weighted by atomic mass is 16.5. The summed E-state index contributed by atoms with van der Waals surface area (Å²) >= 11 is 0. The monoisotopic (exact) mass is 272 g/mol. The summed E-state index contributed by atoms with van der Waals surface area (Å²) in [6, 6.07) is 6.09. The first-order valence-corrected chi connectivity index (χ1v) is 7.14. The van der Waals surface area contributed by atoms with Crippen molar-refractivity contribution >= 4 is 0 Å². The molecule has 0 atom stereocenters. The first-order chi connectivity index (χ1) is 9.63. The molecule has 0 aliphatic carbocycles. The standard InChI is InChI=1S/C14H16N2O.C3H8/c1-4-17-12-5-6-13(10(2)7-12)14-8-15-9-16-11(14)3;1-3-2/h5-9H,4H2,1-3H3;3H2,1-2H3. The summed E-state index contributed by atoms with van der Waals surface area (Å²) in [4.78, 5) is 8.29. The number of aromatic nitrogens is 2. The van der Waals surface area contributed by atoms with Crippen LogP contribution >= 0.6 is 0 Å². The lowest BCUT2D eigenvalue weighted by atomic mass is 10.0. The molecule has 3 heteroatoms. The maximum absolute atomic E-state index is 5.48. The molecular weight excluding hydrogens is 248 g/mol. The largest absolute Gasteiger partial charge is 0.494 e. The zero-order valence-corrected chi connectivity index (χ0v) is 13.1. The van der Waals surface area contributed by atoms with Gasteiger partial charge >= 0.3 is 0 Å². The van der Waals surface area contributed by atoms with Gasteiger partial charge in [-0.2, -0.15) is 0 Å². The van der Waals surface area contributed by atoms with Gasteiger partial charge in [0.1, 0.15) is 12.1 Å². The predicted molar refractivity (Wildman–Crippen MR) is 84.1 cm³/mol. The van der Waals surface area contributed by atoms with Crippen LogP contribution in [0.25, 0.3) is 11.1 Å². The summed E-state index contributed by atoms with van der Waals surface area (Å²) < 4.78 is 5.48. The van der Waals surface area contributed by atoms with E-state index in [1.165, 1.54) is 12.0 Å². The van der Waals surface area contributed by atoms with Gasteiger partial charge in [-0.3, -0.25) is 0 Å². The third kappa shape index (κ3) is 4.34.